The molecule has 1 atom stereocenters. The van der Waals surface area contributed by atoms with Crippen molar-refractivity contribution in [2.45, 2.75) is 20.0 Å². The van der Waals surface area contributed by atoms with Gasteiger partial charge in [0.05, 0.1) is 12.4 Å². The predicted molar refractivity (Wildman–Crippen MR) is 35.1 cm³/mol. The van der Waals surface area contributed by atoms with E-state index in [0.717, 1.165) is 0 Å². The van der Waals surface area contributed by atoms with Crippen LogP contribution in [0.4, 0.5) is 0 Å². The quantitative estimate of drug-likeness (QED) is 0.579. The molecule has 0 aliphatic rings. The van der Waals surface area contributed by atoms with E-state index in [1.807, 2.05) is 0 Å². The molecular weight excluding hydrogens is 141 g/mol. The first-order valence-corrected chi connectivity index (χ1v) is 4.44. The Morgan fingerprint density at radius 3 is 2.33 bits per heavy atom. The molecule has 9 heavy (non-hydrogen) atoms. The van der Waals surface area contributed by atoms with E-state index in [9.17, 15) is 4.57 Å². The van der Waals surface area contributed by atoms with E-state index in [-0.39, 0.29) is 12.4 Å². The molecule has 0 saturated heterocycles. The average Bonchev–Trinajstić information content (AvgIpc) is 1.63. The second-order valence-corrected chi connectivity index (χ2v) is 3.83. The highest BCUT2D eigenvalue weighted by Crippen LogP contribution is 2.40. The van der Waals surface area contributed by atoms with E-state index in [1.54, 1.807) is 13.8 Å². The Hall–Kier alpha value is 0.110. The van der Waals surface area contributed by atoms with Crippen LogP contribution in [-0.4, -0.2) is 17.3 Å². The van der Waals surface area contributed by atoms with Crippen LogP contribution in [0.5, 0.6) is 0 Å². The molecule has 5 heteroatoms. The molecule has 0 rings (SSSR count). The number of hydrogen-bond donors (Lipinski definition) is 2. The van der Waals surface area contributed by atoms with Gasteiger partial charge in [0.25, 0.3) is 0 Å². The molecule has 56 valence electrons. The third-order valence-electron chi connectivity index (χ3n) is 0.606. The predicted octanol–water partition coefficient (Wildman–Crippen LogP) is 0.513. The Morgan fingerprint density at radius 2 is 2.22 bits per heavy atom. The number of nitrogens with two attached hydrogens (primary N) is 1. The third kappa shape index (κ3) is 4.60. The topological polar surface area (TPSA) is 72.5 Å². The lowest BCUT2D eigenvalue weighted by Crippen LogP contribution is -2.07. The van der Waals surface area contributed by atoms with Crippen LogP contribution in [0.3, 0.4) is 0 Å². The molecule has 0 heterocycles. The van der Waals surface area contributed by atoms with Gasteiger partial charge in [0.2, 0.25) is 0 Å². The van der Waals surface area contributed by atoms with Crippen LogP contribution < -0.4 is 5.73 Å². The van der Waals surface area contributed by atoms with E-state index in [0.29, 0.717) is 0 Å². The summed E-state index contributed by atoms with van der Waals surface area (Å²) in [5.41, 5.74) is 4.92. The summed E-state index contributed by atoms with van der Waals surface area (Å²) in [6, 6.07) is 0. The second kappa shape index (κ2) is 3.32. The molecule has 0 aromatic heterocycles. The van der Waals surface area contributed by atoms with Gasteiger partial charge in [0.15, 0.2) is 0 Å². The van der Waals surface area contributed by atoms with Crippen molar-refractivity contribution in [3.63, 3.8) is 0 Å². The normalized spacial score (nSPS) is 17.9. The fourth-order valence-corrected chi connectivity index (χ4v) is 1.12. The molecule has 0 aromatic rings. The SMILES string of the molecule is CC(C)OP(=O)(O)CN. The lowest BCUT2D eigenvalue weighted by atomic mass is 10.5. The highest BCUT2D eigenvalue weighted by Gasteiger charge is 2.17. The van der Waals surface area contributed by atoms with Gasteiger partial charge in [-0.1, -0.05) is 0 Å². The molecule has 3 N–H and O–H groups in total. The molecule has 0 radical (unpaired) electrons. The Kier molecular flexibility index (Phi) is 3.36. The molecule has 0 aromatic carbocycles. The maximum Gasteiger partial charge on any atom is 0.341 e. The van der Waals surface area contributed by atoms with Gasteiger partial charge in [0, 0.05) is 0 Å². The van der Waals surface area contributed by atoms with Crippen molar-refractivity contribution in [1.82, 2.24) is 0 Å². The van der Waals surface area contributed by atoms with Crippen LogP contribution in [0.2, 0.25) is 0 Å². The summed E-state index contributed by atoms with van der Waals surface area (Å²) in [5.74, 6) is 0. The van der Waals surface area contributed by atoms with Gasteiger partial charge in [0.1, 0.15) is 0 Å². The zero-order valence-corrected chi connectivity index (χ0v) is 6.47. The lowest BCUT2D eigenvalue weighted by Gasteiger charge is -2.11. The molecule has 0 amide bonds. The summed E-state index contributed by atoms with van der Waals surface area (Å²) < 4.78 is 15.2. The van der Waals surface area contributed by atoms with Crippen molar-refractivity contribution in [2.24, 2.45) is 5.73 Å². The molecule has 1 unspecified atom stereocenters. The fourth-order valence-electron chi connectivity index (χ4n) is 0.372. The van der Waals surface area contributed by atoms with Crippen LogP contribution in [-0.2, 0) is 9.09 Å². The Balaban J connectivity index is 3.73. The molecule has 4 nitrogen and oxygen atoms in total. The van der Waals surface area contributed by atoms with Crippen LogP contribution in [0.1, 0.15) is 13.8 Å². The maximum absolute atomic E-state index is 10.6. The number of hydrogen-bond acceptors (Lipinski definition) is 3. The summed E-state index contributed by atoms with van der Waals surface area (Å²) in [5, 5.41) is 0. The highest BCUT2D eigenvalue weighted by molar-refractivity contribution is 7.52. The summed E-state index contributed by atoms with van der Waals surface area (Å²) in [6.45, 7) is 3.36. The van der Waals surface area contributed by atoms with Crippen LogP contribution in [0.15, 0.2) is 0 Å². The van der Waals surface area contributed by atoms with E-state index in [4.69, 9.17) is 10.6 Å². The summed E-state index contributed by atoms with van der Waals surface area (Å²) >= 11 is 0. The minimum absolute atomic E-state index is 0.246. The minimum Gasteiger partial charge on any atom is -0.323 e. The van der Waals surface area contributed by atoms with Gasteiger partial charge in [-0.05, 0) is 13.8 Å². The van der Waals surface area contributed by atoms with Gasteiger partial charge < -0.3 is 15.2 Å². The van der Waals surface area contributed by atoms with Gasteiger partial charge in [-0.15, -0.1) is 0 Å². The van der Waals surface area contributed by atoms with Crippen molar-refractivity contribution < 1.29 is 14.0 Å². The fraction of sp³-hybridized carbons (Fsp3) is 1.00. The summed E-state index contributed by atoms with van der Waals surface area (Å²) in [6.07, 6.45) is -0.560. The maximum atomic E-state index is 10.6. The summed E-state index contributed by atoms with van der Waals surface area (Å²) in [7, 11) is -3.45. The first-order valence-electron chi connectivity index (χ1n) is 2.68. The standard InChI is InChI=1S/C4H12NO3P/c1-4(2)8-9(6,7)3-5/h4H,3,5H2,1-2H3,(H,6,7). The molecule has 0 aliphatic heterocycles. The van der Waals surface area contributed by atoms with Gasteiger partial charge in [-0.3, -0.25) is 4.57 Å². The van der Waals surface area contributed by atoms with Crippen molar-refractivity contribution in [1.29, 1.82) is 0 Å². The highest BCUT2D eigenvalue weighted by atomic mass is 31.2. The summed E-state index contributed by atoms with van der Waals surface area (Å²) in [4.78, 5) is 8.70. The molecule has 0 aliphatic carbocycles. The third-order valence-corrected chi connectivity index (χ3v) is 1.82. The lowest BCUT2D eigenvalue weighted by molar-refractivity contribution is 0.205. The first kappa shape index (κ1) is 9.11. The first-order chi connectivity index (χ1) is 3.98. The van der Waals surface area contributed by atoms with Crippen LogP contribution in [0.25, 0.3) is 0 Å². The van der Waals surface area contributed by atoms with Crippen LogP contribution in [0, 0.1) is 0 Å². The van der Waals surface area contributed by atoms with E-state index >= 15 is 0 Å². The Morgan fingerprint density at radius 1 is 1.78 bits per heavy atom. The van der Waals surface area contributed by atoms with E-state index in [1.165, 1.54) is 0 Å². The van der Waals surface area contributed by atoms with Gasteiger partial charge >= 0.3 is 7.60 Å². The van der Waals surface area contributed by atoms with Crippen LogP contribution >= 0.6 is 7.60 Å². The Bertz CT molecular complexity index is 125. The van der Waals surface area contributed by atoms with E-state index in [2.05, 4.69) is 4.52 Å². The van der Waals surface area contributed by atoms with Gasteiger partial charge in [-0.2, -0.15) is 0 Å². The van der Waals surface area contributed by atoms with Crippen molar-refractivity contribution in [3.05, 3.63) is 0 Å². The molecule has 0 spiro atoms. The largest absolute Gasteiger partial charge is 0.341 e. The van der Waals surface area contributed by atoms with Gasteiger partial charge in [-0.25, -0.2) is 0 Å². The molecule has 0 bridgehead atoms. The minimum atomic E-state index is -3.45. The zero-order valence-electron chi connectivity index (χ0n) is 5.57. The molecule has 0 fully saturated rings. The van der Waals surface area contributed by atoms with Crippen molar-refractivity contribution in [2.75, 3.05) is 6.29 Å². The van der Waals surface area contributed by atoms with Crippen molar-refractivity contribution in [3.8, 4) is 0 Å². The molecule has 0 saturated carbocycles. The Labute approximate surface area is 54.5 Å². The monoisotopic (exact) mass is 153 g/mol. The smallest absolute Gasteiger partial charge is 0.323 e. The number of rotatable bonds is 3. The van der Waals surface area contributed by atoms with E-state index < -0.39 is 7.60 Å². The average molecular weight is 153 g/mol. The zero-order chi connectivity index (χ0) is 7.49. The molecular formula is C4H12NO3P. The van der Waals surface area contributed by atoms with Crippen molar-refractivity contribution >= 4 is 7.60 Å². The second-order valence-electron chi connectivity index (χ2n) is 1.97.